The van der Waals surface area contributed by atoms with Gasteiger partial charge in [-0.25, -0.2) is 14.2 Å². The van der Waals surface area contributed by atoms with E-state index in [1.807, 2.05) is 18.2 Å². The molecule has 0 aliphatic heterocycles. The van der Waals surface area contributed by atoms with E-state index in [4.69, 9.17) is 9.47 Å². The molecule has 2 aromatic carbocycles. The summed E-state index contributed by atoms with van der Waals surface area (Å²) in [4.78, 5) is 16.0. The first-order valence-electron chi connectivity index (χ1n) is 7.03. The number of carbonyl (C=O) groups is 1. The smallest absolute Gasteiger partial charge is 0.356 e. The molecule has 1 heterocycles. The van der Waals surface area contributed by atoms with Crippen LogP contribution in [0.3, 0.4) is 0 Å². The highest BCUT2D eigenvalue weighted by Gasteiger charge is 2.13. The molecular weight excluding hydrogens is 297 g/mol. The van der Waals surface area contributed by atoms with Gasteiger partial charge in [0, 0.05) is 11.5 Å². The summed E-state index contributed by atoms with van der Waals surface area (Å²) in [7, 11) is 1.30. The maximum absolute atomic E-state index is 13.2. The van der Waals surface area contributed by atoms with Crippen LogP contribution in [-0.2, 0) is 11.3 Å². The molecule has 0 radical (unpaired) electrons. The van der Waals surface area contributed by atoms with E-state index < -0.39 is 5.97 Å². The van der Waals surface area contributed by atoms with E-state index in [1.54, 1.807) is 18.2 Å². The van der Waals surface area contributed by atoms with Gasteiger partial charge in [0.15, 0.2) is 5.69 Å². The van der Waals surface area contributed by atoms with Crippen molar-refractivity contribution in [3.63, 3.8) is 0 Å². The third-order valence-electron chi connectivity index (χ3n) is 3.36. The Morgan fingerprint density at radius 3 is 2.74 bits per heavy atom. The Labute approximate surface area is 132 Å². The second-order valence-electron chi connectivity index (χ2n) is 4.93. The van der Waals surface area contributed by atoms with Crippen LogP contribution < -0.4 is 4.74 Å². The van der Waals surface area contributed by atoms with Crippen molar-refractivity contribution >= 4 is 16.9 Å². The van der Waals surface area contributed by atoms with Crippen LogP contribution in [0.5, 0.6) is 5.75 Å². The van der Waals surface area contributed by atoms with Gasteiger partial charge in [0.1, 0.15) is 18.2 Å². The van der Waals surface area contributed by atoms with Gasteiger partial charge in [0.05, 0.1) is 12.6 Å². The lowest BCUT2D eigenvalue weighted by Crippen LogP contribution is -2.06. The number of halogens is 1. The number of pyridine rings is 1. The molecule has 3 aromatic rings. The largest absolute Gasteiger partial charge is 0.488 e. The summed E-state index contributed by atoms with van der Waals surface area (Å²) in [5, 5.41) is 0.775. The topological polar surface area (TPSA) is 48.4 Å². The number of aromatic nitrogens is 1. The van der Waals surface area contributed by atoms with Crippen molar-refractivity contribution in [1.29, 1.82) is 0 Å². The standard InChI is InChI=1S/C18H14FNO3/c1-22-18(21)16-10-17(14-7-2-3-8-15(14)20-16)23-11-12-5-4-6-13(19)9-12/h2-10H,11H2,1H3. The fraction of sp³-hybridized carbons (Fsp3) is 0.111. The monoisotopic (exact) mass is 311 g/mol. The summed E-state index contributed by atoms with van der Waals surface area (Å²) in [5.74, 6) is -0.354. The molecule has 3 rings (SSSR count). The van der Waals surface area contributed by atoms with E-state index in [0.29, 0.717) is 16.8 Å². The molecule has 5 heteroatoms. The summed E-state index contributed by atoms with van der Waals surface area (Å²) in [6.07, 6.45) is 0. The van der Waals surface area contributed by atoms with Crippen LogP contribution in [0.2, 0.25) is 0 Å². The number of hydrogen-bond donors (Lipinski definition) is 0. The van der Waals surface area contributed by atoms with Gasteiger partial charge in [0.25, 0.3) is 0 Å². The number of hydrogen-bond acceptors (Lipinski definition) is 4. The molecule has 0 unspecified atom stereocenters. The molecule has 0 saturated carbocycles. The third-order valence-corrected chi connectivity index (χ3v) is 3.36. The molecule has 0 bridgehead atoms. The van der Waals surface area contributed by atoms with Crippen molar-refractivity contribution < 1.29 is 18.7 Å². The highest BCUT2D eigenvalue weighted by atomic mass is 19.1. The molecule has 0 spiro atoms. The second kappa shape index (κ2) is 6.44. The molecule has 0 aliphatic rings. The molecule has 0 N–H and O–H groups in total. The summed E-state index contributed by atoms with van der Waals surface area (Å²) in [6.45, 7) is 0.187. The minimum absolute atomic E-state index is 0.167. The van der Waals surface area contributed by atoms with Crippen molar-refractivity contribution in [1.82, 2.24) is 4.98 Å². The Bertz CT molecular complexity index is 864. The molecule has 23 heavy (non-hydrogen) atoms. The van der Waals surface area contributed by atoms with Gasteiger partial charge in [-0.15, -0.1) is 0 Å². The zero-order chi connectivity index (χ0) is 16.2. The van der Waals surface area contributed by atoms with E-state index in [-0.39, 0.29) is 18.1 Å². The van der Waals surface area contributed by atoms with Crippen LogP contribution in [0.1, 0.15) is 16.1 Å². The summed E-state index contributed by atoms with van der Waals surface area (Å²) in [5.41, 5.74) is 1.50. The van der Waals surface area contributed by atoms with E-state index in [0.717, 1.165) is 5.39 Å². The van der Waals surface area contributed by atoms with E-state index in [2.05, 4.69) is 4.98 Å². The number of benzene rings is 2. The van der Waals surface area contributed by atoms with Gasteiger partial charge in [-0.1, -0.05) is 24.3 Å². The van der Waals surface area contributed by atoms with Crippen LogP contribution in [0.4, 0.5) is 4.39 Å². The molecule has 0 aliphatic carbocycles. The number of carbonyl (C=O) groups excluding carboxylic acids is 1. The molecule has 0 atom stereocenters. The van der Waals surface area contributed by atoms with Crippen molar-refractivity contribution in [2.24, 2.45) is 0 Å². The van der Waals surface area contributed by atoms with Gasteiger partial charge in [0.2, 0.25) is 0 Å². The van der Waals surface area contributed by atoms with Crippen molar-refractivity contribution in [2.45, 2.75) is 6.61 Å². The quantitative estimate of drug-likeness (QED) is 0.689. The van der Waals surface area contributed by atoms with E-state index >= 15 is 0 Å². The van der Waals surface area contributed by atoms with Gasteiger partial charge < -0.3 is 9.47 Å². The van der Waals surface area contributed by atoms with E-state index in [9.17, 15) is 9.18 Å². The van der Waals surface area contributed by atoms with Crippen molar-refractivity contribution in [3.8, 4) is 5.75 Å². The lowest BCUT2D eigenvalue weighted by atomic mass is 10.1. The number of fused-ring (bicyclic) bond motifs is 1. The first-order valence-corrected chi connectivity index (χ1v) is 7.03. The van der Waals surface area contributed by atoms with Crippen LogP contribution in [0.25, 0.3) is 10.9 Å². The zero-order valence-electron chi connectivity index (χ0n) is 12.5. The number of ether oxygens (including phenoxy) is 2. The van der Waals surface area contributed by atoms with Gasteiger partial charge in [-0.3, -0.25) is 0 Å². The Balaban J connectivity index is 1.96. The maximum Gasteiger partial charge on any atom is 0.356 e. The molecule has 0 saturated heterocycles. The lowest BCUT2D eigenvalue weighted by molar-refractivity contribution is 0.0594. The van der Waals surface area contributed by atoms with Crippen LogP contribution in [-0.4, -0.2) is 18.1 Å². The van der Waals surface area contributed by atoms with Crippen LogP contribution in [0.15, 0.2) is 54.6 Å². The number of nitrogens with zero attached hydrogens (tertiary/aromatic N) is 1. The van der Waals surface area contributed by atoms with Crippen LogP contribution in [0, 0.1) is 5.82 Å². The van der Waals surface area contributed by atoms with Crippen LogP contribution >= 0.6 is 0 Å². The zero-order valence-corrected chi connectivity index (χ0v) is 12.5. The Hall–Kier alpha value is -2.95. The summed E-state index contributed by atoms with van der Waals surface area (Å²) < 4.78 is 23.7. The van der Waals surface area contributed by atoms with Gasteiger partial charge in [-0.2, -0.15) is 0 Å². The molecule has 116 valence electrons. The lowest BCUT2D eigenvalue weighted by Gasteiger charge is -2.11. The number of methoxy groups -OCH3 is 1. The fourth-order valence-electron chi connectivity index (χ4n) is 2.26. The predicted molar refractivity (Wildman–Crippen MR) is 83.8 cm³/mol. The minimum Gasteiger partial charge on any atom is -0.488 e. The number of para-hydroxylation sites is 1. The number of esters is 1. The molecule has 1 aromatic heterocycles. The third kappa shape index (κ3) is 3.29. The Kier molecular flexibility index (Phi) is 4.19. The highest BCUT2D eigenvalue weighted by molar-refractivity contribution is 5.93. The maximum atomic E-state index is 13.2. The normalized spacial score (nSPS) is 10.5. The van der Waals surface area contributed by atoms with Crippen molar-refractivity contribution in [3.05, 3.63) is 71.7 Å². The molecule has 4 nitrogen and oxygen atoms in total. The van der Waals surface area contributed by atoms with Crippen molar-refractivity contribution in [2.75, 3.05) is 7.11 Å². The Morgan fingerprint density at radius 1 is 1.13 bits per heavy atom. The second-order valence-corrected chi connectivity index (χ2v) is 4.93. The average molecular weight is 311 g/mol. The fourth-order valence-corrected chi connectivity index (χ4v) is 2.26. The molecule has 0 fully saturated rings. The minimum atomic E-state index is -0.536. The number of rotatable bonds is 4. The van der Waals surface area contributed by atoms with Gasteiger partial charge in [-0.05, 0) is 29.8 Å². The first-order chi connectivity index (χ1) is 11.2. The molecule has 0 amide bonds. The summed E-state index contributed by atoms with van der Waals surface area (Å²) in [6, 6.07) is 15.0. The average Bonchev–Trinajstić information content (AvgIpc) is 2.58. The molecular formula is C18H14FNO3. The summed E-state index contributed by atoms with van der Waals surface area (Å²) >= 11 is 0. The first kappa shape index (κ1) is 15.0. The highest BCUT2D eigenvalue weighted by Crippen LogP contribution is 2.26. The predicted octanol–water partition coefficient (Wildman–Crippen LogP) is 3.74. The van der Waals surface area contributed by atoms with Gasteiger partial charge >= 0.3 is 5.97 Å². The van der Waals surface area contributed by atoms with E-state index in [1.165, 1.54) is 25.3 Å². The Morgan fingerprint density at radius 2 is 1.96 bits per heavy atom. The SMILES string of the molecule is COC(=O)c1cc(OCc2cccc(F)c2)c2ccccc2n1.